The van der Waals surface area contributed by atoms with Gasteiger partial charge in [0.15, 0.2) is 0 Å². The second kappa shape index (κ2) is 12.5. The summed E-state index contributed by atoms with van der Waals surface area (Å²) in [7, 11) is 1.60. The molecule has 0 radical (unpaired) electrons. The summed E-state index contributed by atoms with van der Waals surface area (Å²) in [4.78, 5) is 28.7. The van der Waals surface area contributed by atoms with E-state index in [1.165, 1.54) is 23.9 Å². The maximum atomic E-state index is 12.6. The number of nitrogens with one attached hydrogen (secondary N) is 1. The number of hydrogen-bond donors (Lipinski definition) is 2. The van der Waals surface area contributed by atoms with Gasteiger partial charge in [-0.1, -0.05) is 41.4 Å². The minimum Gasteiger partial charge on any atom is -0.497 e. The minimum atomic E-state index is -1.18. The number of aryl methyl sites for hydroxylation is 1. The minimum absolute atomic E-state index is 0.0901. The van der Waals surface area contributed by atoms with Crippen LogP contribution in [0.1, 0.15) is 27.9 Å². The van der Waals surface area contributed by atoms with Crippen LogP contribution in [0.2, 0.25) is 5.02 Å². The van der Waals surface area contributed by atoms with E-state index < -0.39 is 5.97 Å². The highest BCUT2D eigenvalue weighted by molar-refractivity contribution is 7.99. The first-order valence-electron chi connectivity index (χ1n) is 11.9. The molecule has 3 aromatic carbocycles. The summed E-state index contributed by atoms with van der Waals surface area (Å²) >= 11 is 7.22. The molecule has 0 aliphatic rings. The van der Waals surface area contributed by atoms with Crippen LogP contribution in [0.3, 0.4) is 0 Å². The standard InChI is InChI=1S/C30H24ClN3O4S/c1-18-3-5-19(6-4-18)23-16-27(20-7-10-22(38-2)11-8-20)34-29(25(23)17-32)39-14-13-28(35)33-21-9-12-26(31)24(15-21)30(36)37/h3-12,15-16H,13-14H2,1-2H3,(H,33,35)(H,36,37). The van der Waals surface area contributed by atoms with Crippen molar-refractivity contribution in [2.24, 2.45) is 0 Å². The maximum Gasteiger partial charge on any atom is 0.337 e. The van der Waals surface area contributed by atoms with Gasteiger partial charge in [0.1, 0.15) is 16.8 Å². The van der Waals surface area contributed by atoms with Gasteiger partial charge in [-0.3, -0.25) is 4.79 Å². The zero-order chi connectivity index (χ0) is 27.9. The lowest BCUT2D eigenvalue weighted by Gasteiger charge is -2.13. The van der Waals surface area contributed by atoms with Gasteiger partial charge in [-0.05, 0) is 61.0 Å². The number of nitriles is 1. The van der Waals surface area contributed by atoms with E-state index in [9.17, 15) is 20.0 Å². The van der Waals surface area contributed by atoms with Gasteiger partial charge in [0.2, 0.25) is 5.91 Å². The van der Waals surface area contributed by atoms with E-state index in [0.29, 0.717) is 27.7 Å². The number of ether oxygens (including phenoxy) is 1. The number of hydrogen-bond acceptors (Lipinski definition) is 6. The molecule has 4 aromatic rings. The van der Waals surface area contributed by atoms with Crippen LogP contribution in [0.25, 0.3) is 22.4 Å². The Morgan fingerprint density at radius 2 is 1.74 bits per heavy atom. The van der Waals surface area contributed by atoms with Gasteiger partial charge in [0.25, 0.3) is 0 Å². The van der Waals surface area contributed by atoms with Crippen molar-refractivity contribution in [2.45, 2.75) is 18.4 Å². The Morgan fingerprint density at radius 3 is 2.38 bits per heavy atom. The molecule has 0 saturated heterocycles. The number of methoxy groups -OCH3 is 1. The van der Waals surface area contributed by atoms with Crippen LogP contribution in [0.4, 0.5) is 5.69 Å². The monoisotopic (exact) mass is 557 g/mol. The topological polar surface area (TPSA) is 112 Å². The fourth-order valence-electron chi connectivity index (χ4n) is 3.84. The number of anilines is 1. The molecular weight excluding hydrogens is 534 g/mol. The number of nitrogens with zero attached hydrogens (tertiary/aromatic N) is 2. The molecule has 9 heteroatoms. The number of halogens is 1. The second-order valence-electron chi connectivity index (χ2n) is 8.59. The Labute approximate surface area is 235 Å². The normalized spacial score (nSPS) is 10.5. The average molecular weight is 558 g/mol. The Morgan fingerprint density at radius 1 is 1.05 bits per heavy atom. The van der Waals surface area contributed by atoms with Crippen LogP contribution in [0, 0.1) is 18.3 Å². The first kappa shape index (κ1) is 27.7. The molecule has 39 heavy (non-hydrogen) atoms. The Kier molecular flexibility index (Phi) is 8.87. The average Bonchev–Trinajstić information content (AvgIpc) is 2.94. The summed E-state index contributed by atoms with van der Waals surface area (Å²) in [5.41, 5.74) is 5.01. The Bertz CT molecular complexity index is 1570. The molecule has 0 saturated carbocycles. The molecular formula is C30H24ClN3O4S. The molecule has 1 amide bonds. The van der Waals surface area contributed by atoms with Gasteiger partial charge < -0.3 is 15.2 Å². The summed E-state index contributed by atoms with van der Waals surface area (Å²) in [6.07, 6.45) is 0.120. The maximum absolute atomic E-state index is 12.6. The molecule has 0 spiro atoms. The van der Waals surface area contributed by atoms with Crippen molar-refractivity contribution in [3.63, 3.8) is 0 Å². The quantitative estimate of drug-likeness (QED) is 0.211. The zero-order valence-electron chi connectivity index (χ0n) is 21.2. The molecule has 0 aliphatic carbocycles. The van der Waals surface area contributed by atoms with Crippen LogP contribution >= 0.6 is 23.4 Å². The van der Waals surface area contributed by atoms with E-state index in [-0.39, 0.29) is 22.9 Å². The fourth-order valence-corrected chi connectivity index (χ4v) is 4.98. The van der Waals surface area contributed by atoms with Gasteiger partial charge in [-0.2, -0.15) is 5.26 Å². The van der Waals surface area contributed by atoms with Crippen LogP contribution in [0.15, 0.2) is 77.8 Å². The Balaban J connectivity index is 1.59. The van der Waals surface area contributed by atoms with Crippen molar-refractivity contribution in [1.29, 1.82) is 5.26 Å². The smallest absolute Gasteiger partial charge is 0.337 e. The van der Waals surface area contributed by atoms with Crippen molar-refractivity contribution >= 4 is 40.9 Å². The van der Waals surface area contributed by atoms with Gasteiger partial charge in [-0.25, -0.2) is 9.78 Å². The van der Waals surface area contributed by atoms with Crippen LogP contribution in [0.5, 0.6) is 5.75 Å². The number of aromatic carboxylic acids is 1. The number of benzene rings is 3. The number of aromatic nitrogens is 1. The number of carbonyl (C=O) groups excluding carboxylic acids is 1. The molecule has 0 aliphatic heterocycles. The van der Waals surface area contributed by atoms with Gasteiger partial charge >= 0.3 is 5.97 Å². The largest absolute Gasteiger partial charge is 0.497 e. The fraction of sp³-hybridized carbons (Fsp3) is 0.133. The van der Waals surface area contributed by atoms with Crippen LogP contribution in [-0.2, 0) is 4.79 Å². The number of thioether (sulfide) groups is 1. The molecule has 4 rings (SSSR count). The third-order valence-electron chi connectivity index (χ3n) is 5.89. The molecule has 0 unspecified atom stereocenters. The van der Waals surface area contributed by atoms with Crippen molar-refractivity contribution in [3.8, 4) is 34.2 Å². The highest BCUT2D eigenvalue weighted by atomic mass is 35.5. The summed E-state index contributed by atoms with van der Waals surface area (Å²) < 4.78 is 5.27. The molecule has 2 N–H and O–H groups in total. The van der Waals surface area contributed by atoms with Gasteiger partial charge in [0, 0.05) is 29.0 Å². The van der Waals surface area contributed by atoms with E-state index >= 15 is 0 Å². The van der Waals surface area contributed by atoms with E-state index in [2.05, 4.69) is 11.4 Å². The van der Waals surface area contributed by atoms with E-state index in [0.717, 1.165) is 28.0 Å². The summed E-state index contributed by atoms with van der Waals surface area (Å²) in [6.45, 7) is 2.00. The summed E-state index contributed by atoms with van der Waals surface area (Å²) in [5, 5.41) is 22.6. The van der Waals surface area contributed by atoms with Crippen molar-refractivity contribution in [1.82, 2.24) is 4.98 Å². The summed E-state index contributed by atoms with van der Waals surface area (Å²) in [6, 6.07) is 24.0. The third-order valence-corrected chi connectivity index (χ3v) is 7.20. The number of carboxylic acids is 1. The molecule has 196 valence electrons. The lowest BCUT2D eigenvalue weighted by molar-refractivity contribution is -0.115. The molecule has 1 heterocycles. The Hall–Kier alpha value is -4.32. The lowest BCUT2D eigenvalue weighted by Crippen LogP contribution is -2.13. The second-order valence-corrected chi connectivity index (χ2v) is 10.1. The van der Waals surface area contributed by atoms with Crippen molar-refractivity contribution in [3.05, 3.63) is 94.5 Å². The first-order chi connectivity index (χ1) is 18.8. The number of rotatable bonds is 9. The van der Waals surface area contributed by atoms with Crippen LogP contribution in [-0.4, -0.2) is 34.8 Å². The highest BCUT2D eigenvalue weighted by Crippen LogP contribution is 2.35. The molecule has 1 aromatic heterocycles. The van der Waals surface area contributed by atoms with E-state index in [1.807, 2.05) is 61.5 Å². The van der Waals surface area contributed by atoms with Crippen molar-refractivity contribution in [2.75, 3.05) is 18.2 Å². The summed E-state index contributed by atoms with van der Waals surface area (Å²) in [5.74, 6) is -0.401. The molecule has 0 atom stereocenters. The molecule has 0 fully saturated rings. The van der Waals surface area contributed by atoms with E-state index in [1.54, 1.807) is 13.2 Å². The predicted octanol–water partition coefficient (Wildman–Crippen LogP) is 7.08. The lowest BCUT2D eigenvalue weighted by atomic mass is 9.98. The molecule has 7 nitrogen and oxygen atoms in total. The SMILES string of the molecule is COc1ccc(-c2cc(-c3ccc(C)cc3)c(C#N)c(SCCC(=O)Nc3ccc(Cl)c(C(=O)O)c3)n2)cc1. The zero-order valence-corrected chi connectivity index (χ0v) is 22.8. The molecule has 0 bridgehead atoms. The van der Waals surface area contributed by atoms with Crippen LogP contribution < -0.4 is 10.1 Å². The number of carbonyl (C=O) groups is 2. The van der Waals surface area contributed by atoms with E-state index in [4.69, 9.17) is 21.3 Å². The number of pyridine rings is 1. The third kappa shape index (κ3) is 6.77. The first-order valence-corrected chi connectivity index (χ1v) is 13.3. The van der Waals surface area contributed by atoms with Gasteiger partial charge in [0.05, 0.1) is 29.0 Å². The van der Waals surface area contributed by atoms with Gasteiger partial charge in [-0.15, -0.1) is 11.8 Å². The number of carboxylic acid groups (broad SMARTS) is 1. The number of amides is 1. The predicted molar refractivity (Wildman–Crippen MR) is 153 cm³/mol. The highest BCUT2D eigenvalue weighted by Gasteiger charge is 2.17. The van der Waals surface area contributed by atoms with Crippen molar-refractivity contribution < 1.29 is 19.4 Å².